The van der Waals surface area contributed by atoms with Gasteiger partial charge in [-0.25, -0.2) is 13.1 Å². The van der Waals surface area contributed by atoms with Crippen LogP contribution in [-0.4, -0.2) is 23.5 Å². The number of rotatable bonds is 5. The number of hydrogen-bond donors (Lipinski definition) is 1. The summed E-state index contributed by atoms with van der Waals surface area (Å²) in [7, 11) is -3.73. The molecule has 1 N–H and O–H groups in total. The van der Waals surface area contributed by atoms with Crippen molar-refractivity contribution in [2.75, 3.05) is 0 Å². The number of nitrogens with zero attached hydrogens (tertiary/aromatic N) is 3. The average Bonchev–Trinajstić information content (AvgIpc) is 3.16. The zero-order valence-corrected chi connectivity index (χ0v) is 14.1. The van der Waals surface area contributed by atoms with Crippen LogP contribution in [0.15, 0.2) is 38.6 Å². The van der Waals surface area contributed by atoms with Crippen molar-refractivity contribution >= 4 is 21.4 Å². The molecule has 0 radical (unpaired) electrons. The molecular formula is C14H14N4O3S2. The van der Waals surface area contributed by atoms with Crippen molar-refractivity contribution in [2.45, 2.75) is 25.3 Å². The average molecular weight is 350 g/mol. The molecule has 3 aromatic heterocycles. The van der Waals surface area contributed by atoms with Crippen molar-refractivity contribution in [2.24, 2.45) is 0 Å². The first-order chi connectivity index (χ1) is 11.0. The molecule has 0 fully saturated rings. The molecule has 0 aliphatic rings. The maximum atomic E-state index is 12.4. The van der Waals surface area contributed by atoms with Gasteiger partial charge in [0.2, 0.25) is 10.0 Å². The Balaban J connectivity index is 1.87. The normalized spacial score (nSPS) is 11.7. The fourth-order valence-electron chi connectivity index (χ4n) is 2.23. The number of nitrogens with one attached hydrogen (secondary N) is 1. The summed E-state index contributed by atoms with van der Waals surface area (Å²) in [5.41, 5.74) is 2.46. The molecule has 3 heterocycles. The summed E-state index contributed by atoms with van der Waals surface area (Å²) in [5, 5.41) is 7.55. The first-order valence-corrected chi connectivity index (χ1v) is 9.16. The molecule has 23 heavy (non-hydrogen) atoms. The molecule has 0 unspecified atom stereocenters. The molecule has 0 saturated carbocycles. The number of hydrogen-bond acceptors (Lipinski definition) is 7. The van der Waals surface area contributed by atoms with Crippen LogP contribution in [0, 0.1) is 13.8 Å². The number of aromatic nitrogens is 3. The Morgan fingerprint density at radius 2 is 2.04 bits per heavy atom. The van der Waals surface area contributed by atoms with Gasteiger partial charge in [-0.2, -0.15) is 11.3 Å². The highest BCUT2D eigenvalue weighted by molar-refractivity contribution is 7.89. The summed E-state index contributed by atoms with van der Waals surface area (Å²) in [5.74, 6) is 0.257. The molecule has 9 heteroatoms. The van der Waals surface area contributed by atoms with Crippen molar-refractivity contribution in [3.8, 4) is 11.3 Å². The second-order valence-corrected chi connectivity index (χ2v) is 7.33. The second kappa shape index (κ2) is 6.19. The van der Waals surface area contributed by atoms with Gasteiger partial charge in [-0.05, 0) is 25.3 Å². The van der Waals surface area contributed by atoms with Crippen LogP contribution in [0.4, 0.5) is 0 Å². The molecule has 0 aromatic carbocycles. The van der Waals surface area contributed by atoms with Crippen molar-refractivity contribution in [3.05, 3.63) is 46.4 Å². The first-order valence-electron chi connectivity index (χ1n) is 6.74. The van der Waals surface area contributed by atoms with Gasteiger partial charge in [-0.1, -0.05) is 5.16 Å². The maximum absolute atomic E-state index is 12.4. The van der Waals surface area contributed by atoms with Crippen LogP contribution in [0.25, 0.3) is 11.3 Å². The predicted octanol–water partition coefficient (Wildman–Crippen LogP) is 2.29. The van der Waals surface area contributed by atoms with Crippen molar-refractivity contribution in [1.82, 2.24) is 19.8 Å². The topological polar surface area (TPSA) is 98.0 Å². The Morgan fingerprint density at radius 3 is 2.70 bits per heavy atom. The molecule has 7 nitrogen and oxygen atoms in total. The van der Waals surface area contributed by atoms with E-state index in [9.17, 15) is 8.42 Å². The van der Waals surface area contributed by atoms with E-state index in [0.29, 0.717) is 17.1 Å². The largest absolute Gasteiger partial charge is 0.360 e. The summed E-state index contributed by atoms with van der Waals surface area (Å²) in [6.07, 6.45) is 3.12. The van der Waals surface area contributed by atoms with Gasteiger partial charge < -0.3 is 4.52 Å². The first kappa shape index (κ1) is 15.8. The van der Waals surface area contributed by atoms with Gasteiger partial charge >= 0.3 is 0 Å². The minimum atomic E-state index is -3.73. The van der Waals surface area contributed by atoms with Crippen LogP contribution in [0.1, 0.15) is 17.1 Å². The molecule has 0 saturated heterocycles. The summed E-state index contributed by atoms with van der Waals surface area (Å²) >= 11 is 1.54. The van der Waals surface area contributed by atoms with Gasteiger partial charge in [0.15, 0.2) is 5.76 Å². The standard InChI is InChI=1S/C14H14N4O3S2/c1-9-14(10(2)21-18-9)23(19,20)17-7-12-13(16-5-4-15-12)11-3-6-22-8-11/h3-6,8,17H,7H2,1-2H3. The van der Waals surface area contributed by atoms with E-state index < -0.39 is 10.0 Å². The van der Waals surface area contributed by atoms with E-state index in [-0.39, 0.29) is 17.2 Å². The Hall–Kier alpha value is -2.10. The third-order valence-corrected chi connectivity index (χ3v) is 5.56. The van der Waals surface area contributed by atoms with Crippen LogP contribution >= 0.6 is 11.3 Å². The van der Waals surface area contributed by atoms with Crippen LogP contribution in [0.5, 0.6) is 0 Å². The monoisotopic (exact) mass is 350 g/mol. The van der Waals surface area contributed by atoms with E-state index in [2.05, 4.69) is 19.8 Å². The van der Waals surface area contributed by atoms with Crippen LogP contribution < -0.4 is 4.72 Å². The fraction of sp³-hybridized carbons (Fsp3) is 0.214. The molecule has 3 aromatic rings. The Morgan fingerprint density at radius 1 is 1.26 bits per heavy atom. The number of thiophene rings is 1. The molecule has 0 amide bonds. The van der Waals surface area contributed by atoms with Gasteiger partial charge in [0.25, 0.3) is 0 Å². The predicted molar refractivity (Wildman–Crippen MR) is 85.3 cm³/mol. The molecule has 0 bridgehead atoms. The highest BCUT2D eigenvalue weighted by Crippen LogP contribution is 2.23. The van der Waals surface area contributed by atoms with Crippen LogP contribution in [0.3, 0.4) is 0 Å². The number of aryl methyl sites for hydroxylation is 2. The lowest BCUT2D eigenvalue weighted by atomic mass is 10.2. The highest BCUT2D eigenvalue weighted by Gasteiger charge is 2.24. The Kier molecular flexibility index (Phi) is 4.24. The van der Waals surface area contributed by atoms with Crippen LogP contribution in [0.2, 0.25) is 0 Å². The molecule has 3 rings (SSSR count). The van der Waals surface area contributed by atoms with E-state index in [1.807, 2.05) is 16.8 Å². The van der Waals surface area contributed by atoms with E-state index in [1.165, 1.54) is 6.20 Å². The molecule has 120 valence electrons. The summed E-state index contributed by atoms with van der Waals surface area (Å²) in [4.78, 5) is 8.61. The minimum absolute atomic E-state index is 0.0331. The van der Waals surface area contributed by atoms with Gasteiger partial charge in [-0.3, -0.25) is 9.97 Å². The van der Waals surface area contributed by atoms with Crippen molar-refractivity contribution in [1.29, 1.82) is 0 Å². The molecule has 0 spiro atoms. The van der Waals surface area contributed by atoms with E-state index in [4.69, 9.17) is 4.52 Å². The SMILES string of the molecule is Cc1noc(C)c1S(=O)(=O)NCc1nccnc1-c1ccsc1. The summed E-state index contributed by atoms with van der Waals surface area (Å²) in [6.45, 7) is 3.18. The molecule has 0 aliphatic heterocycles. The number of sulfonamides is 1. The lowest BCUT2D eigenvalue weighted by molar-refractivity contribution is 0.390. The van der Waals surface area contributed by atoms with Gasteiger partial charge in [0.05, 0.1) is 17.9 Å². The Labute approximate surface area is 137 Å². The van der Waals surface area contributed by atoms with Gasteiger partial charge in [0, 0.05) is 23.3 Å². The maximum Gasteiger partial charge on any atom is 0.246 e. The smallest absolute Gasteiger partial charge is 0.246 e. The van der Waals surface area contributed by atoms with Gasteiger partial charge in [-0.15, -0.1) is 0 Å². The fourth-order valence-corrected chi connectivity index (χ4v) is 4.18. The molecular weight excluding hydrogens is 336 g/mol. The third-order valence-electron chi connectivity index (χ3n) is 3.23. The lowest BCUT2D eigenvalue weighted by Gasteiger charge is -2.08. The van der Waals surface area contributed by atoms with Gasteiger partial charge in [0.1, 0.15) is 10.6 Å². The van der Waals surface area contributed by atoms with Crippen molar-refractivity contribution < 1.29 is 12.9 Å². The van der Waals surface area contributed by atoms with Crippen LogP contribution in [-0.2, 0) is 16.6 Å². The summed E-state index contributed by atoms with van der Waals surface area (Å²) in [6, 6.07) is 1.92. The highest BCUT2D eigenvalue weighted by atomic mass is 32.2. The molecule has 0 atom stereocenters. The van der Waals surface area contributed by atoms with E-state index in [0.717, 1.165) is 5.56 Å². The zero-order chi connectivity index (χ0) is 16.4. The zero-order valence-electron chi connectivity index (χ0n) is 12.5. The lowest BCUT2D eigenvalue weighted by Crippen LogP contribution is -2.25. The van der Waals surface area contributed by atoms with Crippen molar-refractivity contribution in [3.63, 3.8) is 0 Å². The van der Waals surface area contributed by atoms with E-state index >= 15 is 0 Å². The Bertz CT molecular complexity index is 898. The van der Waals surface area contributed by atoms with E-state index in [1.54, 1.807) is 31.4 Å². The second-order valence-electron chi connectivity index (χ2n) is 4.84. The molecule has 0 aliphatic carbocycles. The summed E-state index contributed by atoms with van der Waals surface area (Å²) < 4.78 is 32.4. The quantitative estimate of drug-likeness (QED) is 0.758. The third kappa shape index (κ3) is 3.16. The minimum Gasteiger partial charge on any atom is -0.360 e.